The molecular formula is C22H21F6N3OS. The Balaban J connectivity index is 2.14. The van der Waals surface area contributed by atoms with Crippen LogP contribution < -0.4 is 4.90 Å². The van der Waals surface area contributed by atoms with E-state index in [1.54, 1.807) is 19.0 Å². The molecule has 0 fully saturated rings. The average molecular weight is 489 g/mol. The van der Waals surface area contributed by atoms with Crippen molar-refractivity contribution in [1.29, 1.82) is 0 Å². The van der Waals surface area contributed by atoms with E-state index in [0.29, 0.717) is 24.2 Å². The molecule has 3 aromatic rings. The van der Waals surface area contributed by atoms with Gasteiger partial charge in [0.25, 0.3) is 5.91 Å². The molecule has 1 amide bonds. The third-order valence-corrected chi connectivity index (χ3v) is 6.12. The molecule has 33 heavy (non-hydrogen) atoms. The largest absolute Gasteiger partial charge is 0.416 e. The van der Waals surface area contributed by atoms with Gasteiger partial charge in [0.15, 0.2) is 5.13 Å². The number of alkyl halides is 6. The number of nitrogens with zero attached hydrogens (tertiary/aromatic N) is 3. The summed E-state index contributed by atoms with van der Waals surface area (Å²) in [5.41, 5.74) is -1.32. The van der Waals surface area contributed by atoms with Crippen molar-refractivity contribution in [3.8, 4) is 0 Å². The molecule has 11 heteroatoms. The average Bonchev–Trinajstić information content (AvgIpc) is 3.10. The second-order valence-electron chi connectivity index (χ2n) is 7.98. The van der Waals surface area contributed by atoms with Crippen LogP contribution in [0, 0.1) is 13.8 Å². The summed E-state index contributed by atoms with van der Waals surface area (Å²) >= 11 is 1.17. The van der Waals surface area contributed by atoms with Crippen LogP contribution in [0.25, 0.3) is 10.2 Å². The first-order chi connectivity index (χ1) is 15.2. The monoisotopic (exact) mass is 489 g/mol. The normalized spacial score (nSPS) is 12.6. The summed E-state index contributed by atoms with van der Waals surface area (Å²) in [6.45, 7) is 4.10. The Morgan fingerprint density at radius 1 is 0.909 bits per heavy atom. The van der Waals surface area contributed by atoms with Gasteiger partial charge in [-0.3, -0.25) is 9.69 Å². The molecule has 0 radical (unpaired) electrons. The molecular weight excluding hydrogens is 468 g/mol. The third kappa shape index (κ3) is 5.64. The van der Waals surface area contributed by atoms with E-state index in [0.717, 1.165) is 20.7 Å². The van der Waals surface area contributed by atoms with E-state index in [1.165, 1.54) is 11.3 Å². The van der Waals surface area contributed by atoms with Gasteiger partial charge in [-0.15, -0.1) is 0 Å². The van der Waals surface area contributed by atoms with Crippen molar-refractivity contribution >= 4 is 32.6 Å². The number of fused-ring (bicyclic) bond motifs is 1. The molecule has 0 saturated heterocycles. The Labute approximate surface area is 190 Å². The van der Waals surface area contributed by atoms with Crippen molar-refractivity contribution in [2.24, 2.45) is 0 Å². The third-order valence-electron chi connectivity index (χ3n) is 4.89. The fraction of sp³-hybridized carbons (Fsp3) is 0.364. The van der Waals surface area contributed by atoms with Crippen molar-refractivity contribution < 1.29 is 31.1 Å². The molecule has 0 aliphatic rings. The summed E-state index contributed by atoms with van der Waals surface area (Å²) in [6.07, 6.45) is -10.1. The summed E-state index contributed by atoms with van der Waals surface area (Å²) in [6, 6.07) is 4.64. The number of thiazole rings is 1. The minimum absolute atomic E-state index is 0.00473. The lowest BCUT2D eigenvalue weighted by molar-refractivity contribution is -0.143. The van der Waals surface area contributed by atoms with Gasteiger partial charge in [0.05, 0.1) is 21.3 Å². The number of aromatic nitrogens is 1. The number of likely N-dealkylation sites (N-methyl/N-ethyl adjacent to an activating group) is 1. The maximum atomic E-state index is 13.3. The molecule has 4 nitrogen and oxygen atoms in total. The molecule has 0 spiro atoms. The van der Waals surface area contributed by atoms with Crippen molar-refractivity contribution in [3.05, 3.63) is 58.1 Å². The van der Waals surface area contributed by atoms with Crippen LogP contribution in [-0.2, 0) is 12.4 Å². The highest BCUT2D eigenvalue weighted by Crippen LogP contribution is 2.38. The zero-order valence-corrected chi connectivity index (χ0v) is 19.0. The minimum atomic E-state index is -5.05. The number of hydrogen-bond acceptors (Lipinski definition) is 4. The van der Waals surface area contributed by atoms with Gasteiger partial charge in [-0.1, -0.05) is 17.4 Å². The first-order valence-corrected chi connectivity index (χ1v) is 10.6. The van der Waals surface area contributed by atoms with Gasteiger partial charge in [-0.25, -0.2) is 4.98 Å². The van der Waals surface area contributed by atoms with Crippen LogP contribution in [0.4, 0.5) is 31.5 Å². The summed E-state index contributed by atoms with van der Waals surface area (Å²) in [5, 5.41) is 0.205. The first kappa shape index (κ1) is 25.0. The number of hydrogen-bond donors (Lipinski definition) is 0. The van der Waals surface area contributed by atoms with E-state index in [4.69, 9.17) is 0 Å². The van der Waals surface area contributed by atoms with Crippen LogP contribution in [-0.4, -0.2) is 43.0 Å². The molecule has 0 bridgehead atoms. The predicted molar refractivity (Wildman–Crippen MR) is 116 cm³/mol. The van der Waals surface area contributed by atoms with Crippen LogP contribution in [0.15, 0.2) is 30.3 Å². The lowest BCUT2D eigenvalue weighted by Crippen LogP contribution is -2.37. The van der Waals surface area contributed by atoms with Crippen LogP contribution >= 0.6 is 11.3 Å². The fourth-order valence-electron chi connectivity index (χ4n) is 3.30. The van der Waals surface area contributed by atoms with Crippen molar-refractivity contribution in [2.75, 3.05) is 32.1 Å². The molecule has 1 heterocycles. The standard InChI is InChI=1S/C22H21F6N3OS/c1-12-7-13(2)18-17(8-12)29-20(33-18)31(6-5-30(3)4)19(32)14-9-15(21(23,24)25)11-16(10-14)22(26,27)28/h7-11H,5-6H2,1-4H3. The SMILES string of the molecule is Cc1cc(C)c2sc(N(CCN(C)C)C(=O)c3cc(C(F)(F)F)cc(C(F)(F)F)c3)nc2c1. The number of benzene rings is 2. The number of carbonyl (C=O) groups is 1. The topological polar surface area (TPSA) is 36.4 Å². The summed E-state index contributed by atoms with van der Waals surface area (Å²) < 4.78 is 80.5. The Hall–Kier alpha value is -2.66. The van der Waals surface area contributed by atoms with E-state index in [2.05, 4.69) is 4.98 Å². The number of carbonyl (C=O) groups excluding carboxylic acids is 1. The quantitative estimate of drug-likeness (QED) is 0.403. The van der Waals surface area contributed by atoms with E-state index in [1.807, 2.05) is 26.0 Å². The summed E-state index contributed by atoms with van der Waals surface area (Å²) in [4.78, 5) is 20.6. The maximum absolute atomic E-state index is 13.3. The highest BCUT2D eigenvalue weighted by atomic mass is 32.1. The number of rotatable bonds is 5. The maximum Gasteiger partial charge on any atom is 0.416 e. The van der Waals surface area contributed by atoms with Gasteiger partial charge in [0.1, 0.15) is 0 Å². The molecule has 0 N–H and O–H groups in total. The van der Waals surface area contributed by atoms with E-state index < -0.39 is 35.0 Å². The fourth-order valence-corrected chi connectivity index (χ4v) is 4.34. The van der Waals surface area contributed by atoms with Crippen molar-refractivity contribution in [3.63, 3.8) is 0 Å². The number of halogens is 6. The van der Waals surface area contributed by atoms with Crippen LogP contribution in [0.5, 0.6) is 0 Å². The smallest absolute Gasteiger partial charge is 0.308 e. The zero-order valence-electron chi connectivity index (χ0n) is 18.2. The Morgan fingerprint density at radius 3 is 2.00 bits per heavy atom. The molecule has 0 atom stereocenters. The van der Waals surface area contributed by atoms with Crippen LogP contribution in [0.2, 0.25) is 0 Å². The van der Waals surface area contributed by atoms with Crippen molar-refractivity contribution in [1.82, 2.24) is 9.88 Å². The molecule has 2 aromatic carbocycles. The second-order valence-corrected chi connectivity index (χ2v) is 8.96. The van der Waals surface area contributed by atoms with Gasteiger partial charge in [0, 0.05) is 18.7 Å². The highest BCUT2D eigenvalue weighted by molar-refractivity contribution is 7.22. The molecule has 3 rings (SSSR count). The van der Waals surface area contributed by atoms with Gasteiger partial charge < -0.3 is 4.90 Å². The molecule has 0 aliphatic heterocycles. The number of anilines is 1. The Morgan fingerprint density at radius 2 is 1.48 bits per heavy atom. The van der Waals surface area contributed by atoms with Gasteiger partial charge in [0.2, 0.25) is 0 Å². The van der Waals surface area contributed by atoms with Gasteiger partial charge in [-0.2, -0.15) is 26.3 Å². The lowest BCUT2D eigenvalue weighted by atomic mass is 10.0. The Bertz CT molecular complexity index is 1150. The van der Waals surface area contributed by atoms with E-state index in [-0.39, 0.29) is 17.7 Å². The van der Waals surface area contributed by atoms with Crippen molar-refractivity contribution in [2.45, 2.75) is 26.2 Å². The van der Waals surface area contributed by atoms with Crippen LogP contribution in [0.3, 0.4) is 0 Å². The van der Waals surface area contributed by atoms with E-state index >= 15 is 0 Å². The minimum Gasteiger partial charge on any atom is -0.308 e. The molecule has 178 valence electrons. The van der Waals surface area contributed by atoms with Gasteiger partial charge in [-0.05, 0) is 63.3 Å². The molecule has 0 saturated carbocycles. The van der Waals surface area contributed by atoms with Gasteiger partial charge >= 0.3 is 12.4 Å². The highest BCUT2D eigenvalue weighted by Gasteiger charge is 2.38. The summed E-state index contributed by atoms with van der Waals surface area (Å²) in [7, 11) is 3.47. The van der Waals surface area contributed by atoms with E-state index in [9.17, 15) is 31.1 Å². The second kappa shape index (κ2) is 8.94. The lowest BCUT2D eigenvalue weighted by Gasteiger charge is -2.23. The molecule has 1 aromatic heterocycles. The summed E-state index contributed by atoms with van der Waals surface area (Å²) in [5.74, 6) is -0.984. The number of amides is 1. The molecule has 0 aliphatic carbocycles. The molecule has 0 unspecified atom stereocenters. The Kier molecular flexibility index (Phi) is 6.77. The van der Waals surface area contributed by atoms with Crippen LogP contribution in [0.1, 0.15) is 32.6 Å². The predicted octanol–water partition coefficient (Wildman–Crippen LogP) is 6.16. The number of aryl methyl sites for hydroxylation is 2. The zero-order chi connectivity index (χ0) is 24.7. The first-order valence-electron chi connectivity index (χ1n) is 9.80.